The van der Waals surface area contributed by atoms with E-state index in [4.69, 9.17) is 20.8 Å². The van der Waals surface area contributed by atoms with Gasteiger partial charge in [0.25, 0.3) is 0 Å². The maximum Gasteiger partial charge on any atom is 0.238 e. The van der Waals surface area contributed by atoms with E-state index in [1.807, 2.05) is 31.2 Å². The number of phenolic OH excluding ortho intramolecular Hbond substituents is 1. The summed E-state index contributed by atoms with van der Waals surface area (Å²) in [5.41, 5.74) is 2.23. The number of halogens is 1. The topological polar surface area (TPSA) is 55.5 Å². The quantitative estimate of drug-likeness (QED) is 0.760. The van der Waals surface area contributed by atoms with Crippen molar-refractivity contribution in [1.29, 1.82) is 0 Å². The fourth-order valence-corrected chi connectivity index (χ4v) is 2.28. The van der Waals surface area contributed by atoms with Gasteiger partial charge in [-0.15, -0.1) is 0 Å². The molecule has 3 rings (SSSR count). The smallest absolute Gasteiger partial charge is 0.238 e. The predicted molar refractivity (Wildman–Crippen MR) is 87.0 cm³/mol. The first-order chi connectivity index (χ1) is 10.7. The first-order valence-corrected chi connectivity index (χ1v) is 7.24. The van der Waals surface area contributed by atoms with Crippen molar-refractivity contribution in [2.75, 3.05) is 6.61 Å². The lowest BCUT2D eigenvalue weighted by atomic mass is 10.2. The van der Waals surface area contributed by atoms with Gasteiger partial charge in [0.05, 0.1) is 6.61 Å². The molecule has 22 heavy (non-hydrogen) atoms. The Bertz CT molecular complexity index is 806. The minimum Gasteiger partial charge on any atom is -0.504 e. The molecule has 3 aromatic rings. The summed E-state index contributed by atoms with van der Waals surface area (Å²) in [4.78, 5) is 4.34. The van der Waals surface area contributed by atoms with Crippen LogP contribution in [0, 0.1) is 0 Å². The molecule has 112 valence electrons. The number of hydrogen-bond acceptors (Lipinski definition) is 4. The van der Waals surface area contributed by atoms with Crippen LogP contribution < -0.4 is 4.74 Å². The highest BCUT2D eigenvalue weighted by molar-refractivity contribution is 6.50. The third kappa shape index (κ3) is 2.92. The molecule has 0 radical (unpaired) electrons. The highest BCUT2D eigenvalue weighted by atomic mass is 35.5. The van der Waals surface area contributed by atoms with Crippen LogP contribution in [0.25, 0.3) is 22.2 Å². The van der Waals surface area contributed by atoms with Crippen molar-refractivity contribution in [2.24, 2.45) is 0 Å². The second-order valence-electron chi connectivity index (χ2n) is 4.64. The number of fused-ring (bicyclic) bond motifs is 1. The van der Waals surface area contributed by atoms with Gasteiger partial charge < -0.3 is 14.3 Å². The molecule has 1 aromatic heterocycles. The van der Waals surface area contributed by atoms with Gasteiger partial charge in [-0.2, -0.15) is 0 Å². The van der Waals surface area contributed by atoms with Gasteiger partial charge in [-0.1, -0.05) is 29.8 Å². The monoisotopic (exact) mass is 315 g/mol. The summed E-state index contributed by atoms with van der Waals surface area (Å²) >= 11 is 6.28. The molecule has 0 saturated carbocycles. The van der Waals surface area contributed by atoms with Gasteiger partial charge in [0, 0.05) is 0 Å². The molecule has 1 N–H and O–H groups in total. The van der Waals surface area contributed by atoms with Gasteiger partial charge >= 0.3 is 0 Å². The Hall–Kier alpha value is -2.46. The number of para-hydroxylation sites is 2. The number of phenols is 1. The number of ether oxygens (including phenoxy) is 1. The molecule has 5 heteroatoms. The highest BCUT2D eigenvalue weighted by Crippen LogP contribution is 2.30. The molecular weight excluding hydrogens is 302 g/mol. The molecule has 0 amide bonds. The van der Waals surface area contributed by atoms with E-state index in [9.17, 15) is 5.11 Å². The Morgan fingerprint density at radius 3 is 2.91 bits per heavy atom. The van der Waals surface area contributed by atoms with Crippen molar-refractivity contribution < 1.29 is 14.3 Å². The van der Waals surface area contributed by atoms with Crippen LogP contribution in [0.4, 0.5) is 0 Å². The summed E-state index contributed by atoms with van der Waals surface area (Å²) in [7, 11) is 0. The molecule has 0 atom stereocenters. The SMILES string of the molecule is CCOc1cc(/C=C(\Cl)c2nc3ccccc3o2)ccc1O. The lowest BCUT2D eigenvalue weighted by molar-refractivity contribution is 0.318. The maximum atomic E-state index is 9.70. The van der Waals surface area contributed by atoms with E-state index in [-0.39, 0.29) is 5.75 Å². The fraction of sp³-hybridized carbons (Fsp3) is 0.118. The zero-order valence-corrected chi connectivity index (χ0v) is 12.7. The molecule has 0 bridgehead atoms. The fourth-order valence-electron chi connectivity index (χ4n) is 2.07. The van der Waals surface area contributed by atoms with Gasteiger partial charge in [0.2, 0.25) is 5.89 Å². The summed E-state index contributed by atoms with van der Waals surface area (Å²) in [5.74, 6) is 0.865. The van der Waals surface area contributed by atoms with Crippen LogP contribution >= 0.6 is 11.6 Å². The highest BCUT2D eigenvalue weighted by Gasteiger charge is 2.09. The molecule has 0 aliphatic heterocycles. The molecule has 0 aliphatic rings. The van der Waals surface area contributed by atoms with Gasteiger partial charge in [-0.25, -0.2) is 4.98 Å². The third-order valence-electron chi connectivity index (χ3n) is 3.08. The van der Waals surface area contributed by atoms with Crippen LogP contribution in [0.1, 0.15) is 18.4 Å². The Kier molecular flexibility index (Phi) is 4.02. The minimum absolute atomic E-state index is 0.0944. The number of aromatic hydroxyl groups is 1. The Balaban J connectivity index is 1.95. The Labute approximate surface area is 132 Å². The second kappa shape index (κ2) is 6.12. The standard InChI is InChI=1S/C17H14ClNO3/c1-2-21-16-10-11(7-8-14(16)20)9-12(18)17-19-13-5-3-4-6-15(13)22-17/h3-10,20H,2H2,1H3/b12-9-. The molecule has 0 fully saturated rings. The summed E-state index contributed by atoms with van der Waals surface area (Å²) in [6.07, 6.45) is 1.72. The lowest BCUT2D eigenvalue weighted by Crippen LogP contribution is -1.92. The van der Waals surface area contributed by atoms with Gasteiger partial charge in [-0.05, 0) is 42.8 Å². The van der Waals surface area contributed by atoms with Crippen molar-refractivity contribution >= 4 is 33.8 Å². The van der Waals surface area contributed by atoms with E-state index in [0.717, 1.165) is 11.1 Å². The average Bonchev–Trinajstić information content (AvgIpc) is 2.95. The number of rotatable bonds is 4. The van der Waals surface area contributed by atoms with E-state index in [1.54, 1.807) is 24.3 Å². The summed E-state index contributed by atoms with van der Waals surface area (Å²) in [6.45, 7) is 2.33. The molecule has 0 unspecified atom stereocenters. The number of benzene rings is 2. The minimum atomic E-state index is 0.0944. The van der Waals surface area contributed by atoms with E-state index in [2.05, 4.69) is 4.98 Å². The Morgan fingerprint density at radius 1 is 1.32 bits per heavy atom. The number of hydrogen-bond donors (Lipinski definition) is 1. The van der Waals surface area contributed by atoms with Gasteiger partial charge in [-0.3, -0.25) is 0 Å². The number of nitrogens with zero attached hydrogens (tertiary/aromatic N) is 1. The van der Waals surface area contributed by atoms with Crippen LogP contribution in [0.5, 0.6) is 11.5 Å². The van der Waals surface area contributed by atoms with Crippen molar-refractivity contribution in [3.63, 3.8) is 0 Å². The number of aromatic nitrogens is 1. The largest absolute Gasteiger partial charge is 0.504 e. The summed E-state index contributed by atoms with van der Waals surface area (Å²) in [5, 5.41) is 10.1. The predicted octanol–water partition coefficient (Wildman–Crippen LogP) is 4.67. The van der Waals surface area contributed by atoms with E-state index in [0.29, 0.717) is 28.9 Å². The van der Waals surface area contributed by atoms with Crippen LogP contribution in [0.3, 0.4) is 0 Å². The summed E-state index contributed by atoms with van der Waals surface area (Å²) < 4.78 is 11.0. The van der Waals surface area contributed by atoms with Crippen molar-refractivity contribution in [3.05, 3.63) is 53.9 Å². The molecule has 0 spiro atoms. The van der Waals surface area contributed by atoms with Crippen LogP contribution in [-0.2, 0) is 0 Å². The average molecular weight is 316 g/mol. The molecule has 1 heterocycles. The first-order valence-electron chi connectivity index (χ1n) is 6.86. The maximum absolute atomic E-state index is 9.70. The normalized spacial score (nSPS) is 11.8. The van der Waals surface area contributed by atoms with Crippen molar-refractivity contribution in [3.8, 4) is 11.5 Å². The van der Waals surface area contributed by atoms with Crippen molar-refractivity contribution in [2.45, 2.75) is 6.92 Å². The summed E-state index contributed by atoms with van der Waals surface area (Å²) in [6, 6.07) is 12.5. The van der Waals surface area contributed by atoms with Gasteiger partial charge in [0.1, 0.15) is 10.5 Å². The van der Waals surface area contributed by atoms with Crippen LogP contribution in [0.15, 0.2) is 46.9 Å². The zero-order chi connectivity index (χ0) is 15.5. The first kappa shape index (κ1) is 14.5. The lowest BCUT2D eigenvalue weighted by Gasteiger charge is -2.06. The molecule has 4 nitrogen and oxygen atoms in total. The van der Waals surface area contributed by atoms with Gasteiger partial charge in [0.15, 0.2) is 17.1 Å². The van der Waals surface area contributed by atoms with Crippen LogP contribution in [0.2, 0.25) is 0 Å². The second-order valence-corrected chi connectivity index (χ2v) is 5.05. The Morgan fingerprint density at radius 2 is 2.14 bits per heavy atom. The van der Waals surface area contributed by atoms with Crippen LogP contribution in [-0.4, -0.2) is 16.7 Å². The third-order valence-corrected chi connectivity index (χ3v) is 3.35. The van der Waals surface area contributed by atoms with E-state index < -0.39 is 0 Å². The molecule has 2 aromatic carbocycles. The van der Waals surface area contributed by atoms with E-state index in [1.165, 1.54) is 0 Å². The molecular formula is C17H14ClNO3. The number of oxazole rings is 1. The van der Waals surface area contributed by atoms with E-state index >= 15 is 0 Å². The molecule has 0 aliphatic carbocycles. The molecule has 0 saturated heterocycles. The van der Waals surface area contributed by atoms with Crippen molar-refractivity contribution in [1.82, 2.24) is 4.98 Å². The zero-order valence-electron chi connectivity index (χ0n) is 11.9.